The van der Waals surface area contributed by atoms with Crippen molar-refractivity contribution < 1.29 is 17.6 Å². The highest BCUT2D eigenvalue weighted by Gasteiger charge is 2.67. The highest BCUT2D eigenvalue weighted by atomic mass is 19.3. The van der Waals surface area contributed by atoms with Crippen molar-refractivity contribution in [2.45, 2.75) is 18.8 Å². The predicted octanol–water partition coefficient (Wildman–Crippen LogP) is 1.82. The summed E-state index contributed by atoms with van der Waals surface area (Å²) in [5.74, 6) is -4.48. The summed E-state index contributed by atoms with van der Waals surface area (Å²) in [5, 5.41) is 0. The average Bonchev–Trinajstić information content (AvgIpc) is 2.88. The Balaban J connectivity index is 2.48. The van der Waals surface area contributed by atoms with Crippen LogP contribution in [0.25, 0.3) is 0 Å². The minimum absolute atomic E-state index is 0.123. The summed E-state index contributed by atoms with van der Waals surface area (Å²) in [4.78, 5) is 3.40. The molecule has 0 aromatic carbocycles. The number of fused-ring (bicyclic) bond motifs is 1. The van der Waals surface area contributed by atoms with Gasteiger partial charge in [-0.2, -0.15) is 8.78 Å². The van der Waals surface area contributed by atoms with Crippen LogP contribution in [0.3, 0.4) is 0 Å². The monoisotopic (exact) mass is 222 g/mol. The number of halogens is 4. The smallest absolute Gasteiger partial charge is 0.292 e. The highest BCUT2D eigenvalue weighted by molar-refractivity contribution is 6.10. The summed E-state index contributed by atoms with van der Waals surface area (Å²) in [7, 11) is 1.17. The molecule has 2 aliphatic rings. The van der Waals surface area contributed by atoms with Gasteiger partial charge in [-0.05, 0) is 12.3 Å². The van der Waals surface area contributed by atoms with E-state index in [1.165, 1.54) is 7.05 Å². The third kappa shape index (κ3) is 1.27. The van der Waals surface area contributed by atoms with Crippen LogP contribution in [0.2, 0.25) is 0 Å². The van der Waals surface area contributed by atoms with E-state index in [1.54, 1.807) is 0 Å². The first kappa shape index (κ1) is 10.4. The van der Waals surface area contributed by atoms with E-state index in [1.807, 2.05) is 0 Å². The molecule has 15 heavy (non-hydrogen) atoms. The molecule has 2 unspecified atom stereocenters. The molecule has 2 fully saturated rings. The van der Waals surface area contributed by atoms with Gasteiger partial charge < -0.3 is 5.73 Å². The van der Waals surface area contributed by atoms with Crippen molar-refractivity contribution in [3.8, 4) is 0 Å². The van der Waals surface area contributed by atoms with Crippen LogP contribution in [-0.4, -0.2) is 25.1 Å². The summed E-state index contributed by atoms with van der Waals surface area (Å²) in [5.41, 5.74) is 3.71. The minimum atomic E-state index is -3.09. The van der Waals surface area contributed by atoms with Crippen LogP contribution in [0, 0.1) is 11.8 Å². The van der Waals surface area contributed by atoms with E-state index < -0.39 is 35.6 Å². The molecule has 2 N–H and O–H groups in total. The lowest BCUT2D eigenvalue weighted by atomic mass is 10.0. The molecule has 0 aromatic rings. The zero-order valence-corrected chi connectivity index (χ0v) is 7.98. The fourth-order valence-electron chi connectivity index (χ4n) is 2.18. The lowest BCUT2D eigenvalue weighted by Gasteiger charge is -2.15. The Morgan fingerprint density at radius 2 is 2.13 bits per heavy atom. The summed E-state index contributed by atoms with van der Waals surface area (Å²) in [6.45, 7) is 0. The van der Waals surface area contributed by atoms with Crippen molar-refractivity contribution in [1.29, 1.82) is 0 Å². The van der Waals surface area contributed by atoms with E-state index in [0.29, 0.717) is 0 Å². The maximum Gasteiger partial charge on any atom is 0.292 e. The Kier molecular flexibility index (Phi) is 2.06. The zero-order chi connectivity index (χ0) is 11.4. The quantitative estimate of drug-likeness (QED) is 0.675. The predicted molar refractivity (Wildman–Crippen MR) is 47.1 cm³/mol. The second-order valence-corrected chi connectivity index (χ2v) is 3.81. The van der Waals surface area contributed by atoms with Gasteiger partial charge in [-0.15, -0.1) is 0 Å². The molecule has 6 heteroatoms. The number of rotatable bonds is 1. The van der Waals surface area contributed by atoms with Gasteiger partial charge in [-0.1, -0.05) is 0 Å². The Morgan fingerprint density at radius 3 is 2.60 bits per heavy atom. The molecule has 0 saturated heterocycles. The Hall–Kier alpha value is -1.07. The molecule has 84 valence electrons. The number of allylic oxidation sites excluding steroid dienone is 2. The van der Waals surface area contributed by atoms with Gasteiger partial charge in [0.2, 0.25) is 0 Å². The number of aliphatic imine (C=N–C) groups is 1. The summed E-state index contributed by atoms with van der Waals surface area (Å²) in [6.07, 6.45) is -2.67. The SMILES string of the molecule is CN=C1C(=C(N)C(F)F)C2CC2C1(F)F. The van der Waals surface area contributed by atoms with Gasteiger partial charge in [0.15, 0.2) is 0 Å². The van der Waals surface area contributed by atoms with Crippen LogP contribution in [0.4, 0.5) is 17.6 Å². The molecule has 0 bridgehead atoms. The third-order valence-corrected chi connectivity index (χ3v) is 2.97. The largest absolute Gasteiger partial charge is 0.397 e. The topological polar surface area (TPSA) is 38.4 Å². The molecule has 0 aliphatic heterocycles. The maximum atomic E-state index is 13.5. The molecule has 2 aliphatic carbocycles. The number of hydrogen-bond acceptors (Lipinski definition) is 2. The second-order valence-electron chi connectivity index (χ2n) is 3.81. The first-order valence-electron chi connectivity index (χ1n) is 4.54. The van der Waals surface area contributed by atoms with Crippen molar-refractivity contribution in [2.24, 2.45) is 22.6 Å². The molecule has 0 aromatic heterocycles. The van der Waals surface area contributed by atoms with E-state index >= 15 is 0 Å². The van der Waals surface area contributed by atoms with Crippen LogP contribution in [0.5, 0.6) is 0 Å². The Morgan fingerprint density at radius 1 is 1.53 bits per heavy atom. The van der Waals surface area contributed by atoms with E-state index in [9.17, 15) is 17.6 Å². The molecule has 0 amide bonds. The fraction of sp³-hybridized carbons (Fsp3) is 0.667. The fourth-order valence-corrected chi connectivity index (χ4v) is 2.18. The Bertz CT molecular complexity index is 359. The van der Waals surface area contributed by atoms with Gasteiger partial charge >= 0.3 is 0 Å². The number of nitrogens with two attached hydrogens (primary N) is 1. The van der Waals surface area contributed by atoms with Gasteiger partial charge in [0, 0.05) is 18.5 Å². The lowest BCUT2D eigenvalue weighted by Crippen LogP contribution is -2.29. The third-order valence-electron chi connectivity index (χ3n) is 2.97. The van der Waals surface area contributed by atoms with Crippen molar-refractivity contribution in [1.82, 2.24) is 0 Å². The maximum absolute atomic E-state index is 13.5. The standard InChI is InChI=1S/C9H10F4N2/c1-15-7-5(6(14)8(10)11)3-2-4(3)9(7,12)13/h3-4,8H,2,14H2,1H3. The van der Waals surface area contributed by atoms with Crippen molar-refractivity contribution in [3.63, 3.8) is 0 Å². The van der Waals surface area contributed by atoms with Crippen LogP contribution in [0.15, 0.2) is 16.3 Å². The van der Waals surface area contributed by atoms with E-state index in [4.69, 9.17) is 5.73 Å². The summed E-state index contributed by atoms with van der Waals surface area (Å²) < 4.78 is 51.6. The molecule has 2 saturated carbocycles. The van der Waals surface area contributed by atoms with E-state index in [-0.39, 0.29) is 12.0 Å². The van der Waals surface area contributed by atoms with E-state index in [2.05, 4.69) is 4.99 Å². The van der Waals surface area contributed by atoms with Gasteiger partial charge in [-0.3, -0.25) is 4.99 Å². The zero-order valence-electron chi connectivity index (χ0n) is 7.98. The molecule has 2 atom stereocenters. The molecular weight excluding hydrogens is 212 g/mol. The molecule has 0 heterocycles. The van der Waals surface area contributed by atoms with Crippen molar-refractivity contribution in [2.75, 3.05) is 7.05 Å². The average molecular weight is 222 g/mol. The van der Waals surface area contributed by atoms with Crippen molar-refractivity contribution >= 4 is 5.71 Å². The first-order valence-corrected chi connectivity index (χ1v) is 4.54. The van der Waals surface area contributed by atoms with Crippen LogP contribution >= 0.6 is 0 Å². The van der Waals surface area contributed by atoms with Gasteiger partial charge in [0.1, 0.15) is 5.71 Å². The van der Waals surface area contributed by atoms with Gasteiger partial charge in [0.05, 0.1) is 5.70 Å². The lowest BCUT2D eigenvalue weighted by molar-refractivity contribution is 0.0579. The molecule has 0 radical (unpaired) electrons. The molecule has 2 rings (SSSR count). The van der Waals surface area contributed by atoms with E-state index in [0.717, 1.165) is 0 Å². The Labute approximate surface area is 83.9 Å². The minimum Gasteiger partial charge on any atom is -0.397 e. The normalized spacial score (nSPS) is 38.4. The number of nitrogens with zero attached hydrogens (tertiary/aromatic N) is 1. The van der Waals surface area contributed by atoms with Crippen LogP contribution in [-0.2, 0) is 0 Å². The van der Waals surface area contributed by atoms with Crippen LogP contribution in [0.1, 0.15) is 6.42 Å². The van der Waals surface area contributed by atoms with Crippen molar-refractivity contribution in [3.05, 3.63) is 11.3 Å². The molecule has 0 spiro atoms. The molecular formula is C9H10F4N2. The van der Waals surface area contributed by atoms with Gasteiger partial charge in [-0.25, -0.2) is 8.78 Å². The molecule has 2 nitrogen and oxygen atoms in total. The van der Waals surface area contributed by atoms with Gasteiger partial charge in [0.25, 0.3) is 12.3 Å². The summed E-state index contributed by atoms with van der Waals surface area (Å²) >= 11 is 0. The second kappa shape index (κ2) is 2.96. The van der Waals surface area contributed by atoms with Crippen LogP contribution < -0.4 is 5.73 Å². The highest BCUT2D eigenvalue weighted by Crippen LogP contribution is 2.61. The summed E-state index contributed by atoms with van der Waals surface area (Å²) in [6, 6.07) is 0. The first-order chi connectivity index (χ1) is 6.91. The number of hydrogen-bond donors (Lipinski definition) is 1. The number of alkyl halides is 4.